The molecule has 0 bridgehead atoms. The van der Waals surface area contributed by atoms with Crippen LogP contribution in [0.15, 0.2) is 78.9 Å². The molecule has 3 aromatic rings. The molecule has 1 saturated heterocycles. The summed E-state index contributed by atoms with van der Waals surface area (Å²) in [6, 6.07) is 22.5. The van der Waals surface area contributed by atoms with Gasteiger partial charge in [0.15, 0.2) is 0 Å². The Morgan fingerprint density at radius 2 is 1.69 bits per heavy atom. The summed E-state index contributed by atoms with van der Waals surface area (Å²) in [5.41, 5.74) is 2.56. The van der Waals surface area contributed by atoms with Crippen LogP contribution in [0, 0.1) is 5.82 Å². The minimum Gasteiger partial charge on any atom is -0.489 e. The fourth-order valence-corrected chi connectivity index (χ4v) is 5.17. The summed E-state index contributed by atoms with van der Waals surface area (Å²) in [5.74, 6) is 0.340. The number of hydrogen-bond acceptors (Lipinski definition) is 5. The lowest BCUT2D eigenvalue weighted by atomic mass is 10.0. The molecule has 1 fully saturated rings. The third-order valence-corrected chi connectivity index (χ3v) is 7.18. The topological polar surface area (TPSA) is 67.9 Å². The van der Waals surface area contributed by atoms with E-state index in [0.29, 0.717) is 17.9 Å². The summed E-state index contributed by atoms with van der Waals surface area (Å²) in [5, 5.41) is 0.783. The van der Waals surface area contributed by atoms with E-state index in [0.717, 1.165) is 11.1 Å². The first-order chi connectivity index (χ1) is 15.4. The van der Waals surface area contributed by atoms with Gasteiger partial charge >= 0.3 is 0 Å². The highest BCUT2D eigenvalue weighted by Crippen LogP contribution is 2.34. The molecule has 0 spiro atoms. The van der Waals surface area contributed by atoms with Gasteiger partial charge in [0.1, 0.15) is 23.4 Å². The van der Waals surface area contributed by atoms with Gasteiger partial charge in [-0.25, -0.2) is 17.5 Å². The molecule has 168 valence electrons. The van der Waals surface area contributed by atoms with Crippen LogP contribution in [0.2, 0.25) is 0 Å². The minimum atomic E-state index is -3.70. The van der Waals surface area contributed by atoms with Crippen molar-refractivity contribution in [1.29, 1.82) is 0 Å². The molecule has 1 N–H and O–H groups in total. The zero-order valence-electron chi connectivity index (χ0n) is 17.6. The number of hydroxylamine groups is 2. The second-order valence-electron chi connectivity index (χ2n) is 7.66. The first kappa shape index (κ1) is 22.4. The van der Waals surface area contributed by atoms with Crippen molar-refractivity contribution < 1.29 is 22.4 Å². The van der Waals surface area contributed by atoms with Crippen LogP contribution < -0.4 is 9.46 Å². The molecule has 0 aliphatic carbocycles. The second kappa shape index (κ2) is 9.79. The van der Waals surface area contributed by atoms with E-state index in [4.69, 9.17) is 9.57 Å². The summed E-state index contributed by atoms with van der Waals surface area (Å²) < 4.78 is 47.6. The zero-order valence-corrected chi connectivity index (χ0v) is 18.5. The average molecular weight is 457 g/mol. The minimum absolute atomic E-state index is 0.0478. The van der Waals surface area contributed by atoms with E-state index in [9.17, 15) is 12.8 Å². The number of halogens is 1. The maximum atomic E-state index is 13.1. The molecule has 1 aliphatic rings. The van der Waals surface area contributed by atoms with Crippen LogP contribution in [0.1, 0.15) is 22.7 Å². The lowest BCUT2D eigenvalue weighted by molar-refractivity contribution is -0.110. The van der Waals surface area contributed by atoms with E-state index in [2.05, 4.69) is 4.72 Å². The Hall–Kier alpha value is -2.78. The van der Waals surface area contributed by atoms with Crippen LogP contribution in [-0.4, -0.2) is 32.4 Å². The van der Waals surface area contributed by atoms with Gasteiger partial charge in [-0.1, -0.05) is 54.6 Å². The number of hydrogen-bond donors (Lipinski definition) is 1. The van der Waals surface area contributed by atoms with E-state index in [1.807, 2.05) is 54.6 Å². The number of ether oxygens (including phenoxy) is 1. The van der Waals surface area contributed by atoms with Crippen molar-refractivity contribution >= 4 is 10.0 Å². The lowest BCUT2D eigenvalue weighted by Gasteiger charge is -2.23. The standard InChI is InChI=1S/C24H25FN2O4S/c1-27-24(20-9-13-22(14-10-20)30-16-19-5-3-2-4-6-19)23(17-31-27)32(28,29)26-15-18-7-11-21(25)12-8-18/h2-14,23-24,26H,15-17H2,1H3/t23-,24-/m1/s1. The Kier molecular flexibility index (Phi) is 6.86. The third kappa shape index (κ3) is 5.34. The van der Waals surface area contributed by atoms with Crippen LogP contribution in [0.4, 0.5) is 4.39 Å². The first-order valence-corrected chi connectivity index (χ1v) is 11.8. The Balaban J connectivity index is 1.43. The molecular weight excluding hydrogens is 431 g/mol. The van der Waals surface area contributed by atoms with Gasteiger partial charge in [0.25, 0.3) is 0 Å². The molecule has 2 atom stereocenters. The van der Waals surface area contributed by atoms with Gasteiger partial charge in [-0.2, -0.15) is 5.06 Å². The van der Waals surface area contributed by atoms with Crippen LogP contribution in [-0.2, 0) is 28.0 Å². The predicted octanol–water partition coefficient (Wildman–Crippen LogP) is 3.81. The molecule has 6 nitrogen and oxygen atoms in total. The average Bonchev–Trinajstić information content (AvgIpc) is 3.21. The lowest BCUT2D eigenvalue weighted by Crippen LogP contribution is -2.39. The SMILES string of the molecule is CN1OC[C@@H](S(=O)(=O)NCc2ccc(F)cc2)[C@H]1c1ccc(OCc2ccccc2)cc1. The van der Waals surface area contributed by atoms with Crippen LogP contribution in [0.5, 0.6) is 5.75 Å². The van der Waals surface area contributed by atoms with Crippen molar-refractivity contribution in [2.24, 2.45) is 0 Å². The number of nitrogens with one attached hydrogen (secondary N) is 1. The van der Waals surface area contributed by atoms with Crippen molar-refractivity contribution in [3.05, 3.63) is 101 Å². The Bertz CT molecular complexity index is 1120. The van der Waals surface area contributed by atoms with Crippen LogP contribution in [0.25, 0.3) is 0 Å². The van der Waals surface area contributed by atoms with Gasteiger partial charge in [0, 0.05) is 13.6 Å². The van der Waals surface area contributed by atoms with Crippen LogP contribution >= 0.6 is 0 Å². The highest BCUT2D eigenvalue weighted by molar-refractivity contribution is 7.90. The zero-order chi connectivity index (χ0) is 22.6. The molecule has 1 aliphatic heterocycles. The predicted molar refractivity (Wildman–Crippen MR) is 120 cm³/mol. The maximum absolute atomic E-state index is 13.1. The Morgan fingerprint density at radius 1 is 1.00 bits per heavy atom. The van der Waals surface area contributed by atoms with E-state index in [1.54, 1.807) is 24.2 Å². The van der Waals surface area contributed by atoms with Crippen molar-refractivity contribution in [1.82, 2.24) is 9.79 Å². The van der Waals surface area contributed by atoms with Gasteiger partial charge in [-0.05, 0) is 41.0 Å². The third-order valence-electron chi connectivity index (χ3n) is 5.45. The van der Waals surface area contributed by atoms with Gasteiger partial charge in [-0.15, -0.1) is 0 Å². The molecule has 0 radical (unpaired) electrons. The summed E-state index contributed by atoms with van der Waals surface area (Å²) in [7, 11) is -1.97. The van der Waals surface area contributed by atoms with Gasteiger partial charge in [-0.3, -0.25) is 4.84 Å². The fraction of sp³-hybridized carbons (Fsp3) is 0.250. The normalized spacial score (nSPS) is 19.2. The smallest absolute Gasteiger partial charge is 0.219 e. The Labute approximate surface area is 187 Å². The fourth-order valence-electron chi connectivity index (χ4n) is 3.68. The Morgan fingerprint density at radius 3 is 2.38 bits per heavy atom. The number of nitrogens with zero attached hydrogens (tertiary/aromatic N) is 1. The number of benzene rings is 3. The van der Waals surface area contributed by atoms with Crippen molar-refractivity contribution in [2.75, 3.05) is 13.7 Å². The molecular formula is C24H25FN2O4S. The summed E-state index contributed by atoms with van der Waals surface area (Å²) in [6.45, 7) is 0.588. The van der Waals surface area contributed by atoms with Gasteiger partial charge < -0.3 is 4.74 Å². The van der Waals surface area contributed by atoms with Crippen molar-refractivity contribution in [2.45, 2.75) is 24.4 Å². The molecule has 0 amide bonds. The van der Waals surface area contributed by atoms with Crippen molar-refractivity contribution in [3.63, 3.8) is 0 Å². The first-order valence-electron chi connectivity index (χ1n) is 10.3. The molecule has 0 aromatic heterocycles. The monoisotopic (exact) mass is 456 g/mol. The molecule has 0 saturated carbocycles. The van der Waals surface area contributed by atoms with E-state index in [-0.39, 0.29) is 19.0 Å². The van der Waals surface area contributed by atoms with Gasteiger partial charge in [0.05, 0.1) is 12.6 Å². The van der Waals surface area contributed by atoms with Crippen molar-refractivity contribution in [3.8, 4) is 5.75 Å². The molecule has 8 heteroatoms. The van der Waals surface area contributed by atoms with E-state index >= 15 is 0 Å². The summed E-state index contributed by atoms with van der Waals surface area (Å²) in [6.07, 6.45) is 0. The van der Waals surface area contributed by atoms with E-state index < -0.39 is 21.3 Å². The van der Waals surface area contributed by atoms with Crippen LogP contribution in [0.3, 0.4) is 0 Å². The maximum Gasteiger partial charge on any atom is 0.219 e. The largest absolute Gasteiger partial charge is 0.489 e. The molecule has 4 rings (SSSR count). The molecule has 32 heavy (non-hydrogen) atoms. The van der Waals surface area contributed by atoms with E-state index in [1.165, 1.54) is 12.1 Å². The molecule has 0 unspecified atom stereocenters. The molecule has 3 aromatic carbocycles. The summed E-state index contributed by atoms with van der Waals surface area (Å²) in [4.78, 5) is 5.56. The highest BCUT2D eigenvalue weighted by Gasteiger charge is 2.43. The van der Waals surface area contributed by atoms with Gasteiger partial charge in [0.2, 0.25) is 10.0 Å². The molecule has 1 heterocycles. The summed E-state index contributed by atoms with van der Waals surface area (Å²) >= 11 is 0. The number of sulfonamides is 1. The highest BCUT2D eigenvalue weighted by atomic mass is 32.2. The second-order valence-corrected chi connectivity index (χ2v) is 9.65. The quantitative estimate of drug-likeness (QED) is 0.558. The number of rotatable bonds is 8.